The molecule has 0 fully saturated rings. The molecular weight excluding hydrogens is 411 g/mol. The molecule has 7 heteroatoms. The summed E-state index contributed by atoms with van der Waals surface area (Å²) in [5.41, 5.74) is 0.800. The Morgan fingerprint density at radius 1 is 0.844 bits per heavy atom. The predicted octanol–water partition coefficient (Wildman–Crippen LogP) is 2.77. The summed E-state index contributed by atoms with van der Waals surface area (Å²) in [7, 11) is 0. The van der Waals surface area contributed by atoms with E-state index in [1.54, 1.807) is 24.3 Å². The molecular formula is C25H21FN2O4. The second-order valence-corrected chi connectivity index (χ2v) is 7.48. The molecule has 3 aromatic carbocycles. The van der Waals surface area contributed by atoms with Gasteiger partial charge in [0, 0.05) is 12.1 Å². The minimum absolute atomic E-state index is 0.0233. The van der Waals surface area contributed by atoms with Crippen molar-refractivity contribution >= 4 is 16.7 Å². The van der Waals surface area contributed by atoms with Gasteiger partial charge in [-0.1, -0.05) is 60.7 Å². The lowest BCUT2D eigenvalue weighted by Gasteiger charge is -2.15. The molecule has 0 saturated heterocycles. The first-order valence-electron chi connectivity index (χ1n) is 10.2. The molecule has 0 aliphatic carbocycles. The molecule has 0 radical (unpaired) electrons. The van der Waals surface area contributed by atoms with E-state index in [1.807, 2.05) is 30.3 Å². The van der Waals surface area contributed by atoms with E-state index in [0.29, 0.717) is 17.5 Å². The number of hydrogen-bond donors (Lipinski definition) is 1. The van der Waals surface area contributed by atoms with Gasteiger partial charge >= 0.3 is 5.69 Å². The number of Topliss-reactive ketones (excluding diaryl/α,β-unsaturated/α-hetero) is 1. The Kier molecular flexibility index (Phi) is 6.09. The number of hydrogen-bond acceptors (Lipinski definition) is 4. The third kappa shape index (κ3) is 4.15. The molecule has 1 aromatic heterocycles. The Morgan fingerprint density at radius 3 is 2.25 bits per heavy atom. The highest BCUT2D eigenvalue weighted by Gasteiger charge is 2.16. The largest absolute Gasteiger partial charge is 0.388 e. The van der Waals surface area contributed by atoms with Crippen molar-refractivity contribution in [3.63, 3.8) is 0 Å². The summed E-state index contributed by atoms with van der Waals surface area (Å²) in [6.07, 6.45) is 0.481. The van der Waals surface area contributed by atoms with E-state index >= 15 is 0 Å². The number of benzene rings is 3. The van der Waals surface area contributed by atoms with Crippen LogP contribution in [0.1, 0.15) is 21.5 Å². The van der Waals surface area contributed by atoms with Gasteiger partial charge < -0.3 is 5.11 Å². The number of nitrogens with zero attached hydrogens (tertiary/aromatic N) is 2. The summed E-state index contributed by atoms with van der Waals surface area (Å²) in [6, 6.07) is 20.0. The van der Waals surface area contributed by atoms with Crippen LogP contribution >= 0.6 is 0 Å². The molecule has 162 valence electrons. The van der Waals surface area contributed by atoms with Gasteiger partial charge in [0.15, 0.2) is 5.78 Å². The Bertz CT molecular complexity index is 1390. The number of aliphatic hydroxyl groups excluding tert-OH is 1. The molecule has 32 heavy (non-hydrogen) atoms. The van der Waals surface area contributed by atoms with Gasteiger partial charge in [-0.05, 0) is 29.7 Å². The van der Waals surface area contributed by atoms with Crippen LogP contribution in [0.2, 0.25) is 0 Å². The summed E-state index contributed by atoms with van der Waals surface area (Å²) in [6.45, 7) is -0.408. The smallest absolute Gasteiger partial charge is 0.331 e. The minimum Gasteiger partial charge on any atom is -0.388 e. The zero-order valence-electron chi connectivity index (χ0n) is 17.2. The number of carbonyl (C=O) groups is 1. The molecule has 0 spiro atoms. The van der Waals surface area contributed by atoms with Crippen LogP contribution < -0.4 is 11.2 Å². The number of aromatic nitrogens is 2. The fourth-order valence-corrected chi connectivity index (χ4v) is 3.74. The van der Waals surface area contributed by atoms with Gasteiger partial charge in [0.1, 0.15) is 12.4 Å². The van der Waals surface area contributed by atoms with Crippen molar-refractivity contribution in [3.8, 4) is 0 Å². The maximum atomic E-state index is 14.7. The third-order valence-corrected chi connectivity index (χ3v) is 5.42. The predicted molar refractivity (Wildman–Crippen MR) is 120 cm³/mol. The molecule has 0 atom stereocenters. The van der Waals surface area contributed by atoms with Crippen LogP contribution in [0.4, 0.5) is 4.39 Å². The average molecular weight is 432 g/mol. The van der Waals surface area contributed by atoms with Gasteiger partial charge in [0.2, 0.25) is 0 Å². The quantitative estimate of drug-likeness (QED) is 0.456. The molecule has 0 aliphatic rings. The van der Waals surface area contributed by atoms with E-state index in [1.165, 1.54) is 22.8 Å². The summed E-state index contributed by atoms with van der Waals surface area (Å²) in [5, 5.41) is 9.13. The lowest BCUT2D eigenvalue weighted by atomic mass is 10.1. The number of rotatable bonds is 7. The molecule has 1 N–H and O–H groups in total. The van der Waals surface area contributed by atoms with Crippen LogP contribution in [0.25, 0.3) is 10.9 Å². The van der Waals surface area contributed by atoms with Gasteiger partial charge in [0.25, 0.3) is 5.56 Å². The second kappa shape index (κ2) is 9.11. The van der Waals surface area contributed by atoms with E-state index in [9.17, 15) is 18.8 Å². The monoisotopic (exact) mass is 432 g/mol. The second-order valence-electron chi connectivity index (χ2n) is 7.48. The Morgan fingerprint density at radius 2 is 1.56 bits per heavy atom. The van der Waals surface area contributed by atoms with Crippen LogP contribution in [0.5, 0.6) is 0 Å². The summed E-state index contributed by atoms with van der Waals surface area (Å²) in [5.74, 6) is -1.07. The van der Waals surface area contributed by atoms with Crippen molar-refractivity contribution in [2.24, 2.45) is 0 Å². The van der Waals surface area contributed by atoms with Crippen molar-refractivity contribution in [1.82, 2.24) is 9.13 Å². The van der Waals surface area contributed by atoms with Crippen molar-refractivity contribution in [3.05, 3.63) is 116 Å². The standard InChI is InChI=1S/C25H21FN2O4/c26-21-8-4-7-20-23(21)28(15-18-9-11-19(12-10-18)22(30)16-29)25(32)27(24(20)31)14-13-17-5-2-1-3-6-17/h1-12,29H,13-16H2. The lowest BCUT2D eigenvalue weighted by molar-refractivity contribution is 0.0903. The van der Waals surface area contributed by atoms with Crippen LogP contribution in [0.15, 0.2) is 82.4 Å². The summed E-state index contributed by atoms with van der Waals surface area (Å²) in [4.78, 5) is 37.9. The van der Waals surface area contributed by atoms with Gasteiger partial charge in [-0.2, -0.15) is 0 Å². The first-order chi connectivity index (χ1) is 15.5. The zero-order chi connectivity index (χ0) is 22.7. The molecule has 0 aliphatic heterocycles. The maximum absolute atomic E-state index is 14.7. The molecule has 0 bridgehead atoms. The SMILES string of the molecule is O=C(CO)c1ccc(Cn2c(=O)n(CCc3ccccc3)c(=O)c3cccc(F)c32)cc1. The Hall–Kier alpha value is -3.84. The number of ketones is 1. The Balaban J connectivity index is 1.79. The molecule has 1 heterocycles. The highest BCUT2D eigenvalue weighted by atomic mass is 19.1. The van der Waals surface area contributed by atoms with Crippen molar-refractivity contribution in [2.75, 3.05) is 6.61 Å². The molecule has 0 saturated carbocycles. The van der Waals surface area contributed by atoms with Crippen LogP contribution in [-0.4, -0.2) is 26.6 Å². The van der Waals surface area contributed by atoms with E-state index in [4.69, 9.17) is 5.11 Å². The van der Waals surface area contributed by atoms with Crippen LogP contribution in [-0.2, 0) is 19.5 Å². The third-order valence-electron chi connectivity index (χ3n) is 5.42. The number of halogens is 1. The molecule has 6 nitrogen and oxygen atoms in total. The highest BCUT2D eigenvalue weighted by Crippen LogP contribution is 2.15. The maximum Gasteiger partial charge on any atom is 0.331 e. The molecule has 0 unspecified atom stereocenters. The fraction of sp³-hybridized carbons (Fsp3) is 0.160. The van der Waals surface area contributed by atoms with Gasteiger partial charge in [0.05, 0.1) is 17.4 Å². The van der Waals surface area contributed by atoms with Gasteiger partial charge in [-0.25, -0.2) is 9.18 Å². The summed E-state index contributed by atoms with van der Waals surface area (Å²) < 4.78 is 17.1. The van der Waals surface area contributed by atoms with E-state index < -0.39 is 29.5 Å². The number of carbonyl (C=O) groups excluding carboxylic acids is 1. The molecule has 4 rings (SSSR count). The van der Waals surface area contributed by atoms with Gasteiger partial charge in [-0.3, -0.25) is 18.7 Å². The van der Waals surface area contributed by atoms with Crippen molar-refractivity contribution in [2.45, 2.75) is 19.5 Å². The lowest BCUT2D eigenvalue weighted by Crippen LogP contribution is -2.41. The van der Waals surface area contributed by atoms with Crippen molar-refractivity contribution in [1.29, 1.82) is 0 Å². The van der Waals surface area contributed by atoms with E-state index in [-0.39, 0.29) is 24.0 Å². The number of aryl methyl sites for hydroxylation is 1. The molecule has 0 amide bonds. The Labute approximate surface area is 182 Å². The van der Waals surface area contributed by atoms with Gasteiger partial charge in [-0.15, -0.1) is 0 Å². The highest BCUT2D eigenvalue weighted by molar-refractivity contribution is 5.96. The van der Waals surface area contributed by atoms with E-state index in [2.05, 4.69) is 0 Å². The molecule has 4 aromatic rings. The fourth-order valence-electron chi connectivity index (χ4n) is 3.74. The normalized spacial score (nSPS) is 11.1. The summed E-state index contributed by atoms with van der Waals surface area (Å²) >= 11 is 0. The van der Waals surface area contributed by atoms with E-state index in [0.717, 1.165) is 10.1 Å². The van der Waals surface area contributed by atoms with Crippen molar-refractivity contribution < 1.29 is 14.3 Å². The average Bonchev–Trinajstić information content (AvgIpc) is 2.82. The minimum atomic E-state index is -0.654. The first kappa shape index (κ1) is 21.4. The number of fused-ring (bicyclic) bond motifs is 1. The first-order valence-corrected chi connectivity index (χ1v) is 10.2. The number of aliphatic hydroxyl groups is 1. The van der Waals surface area contributed by atoms with Crippen LogP contribution in [0, 0.1) is 5.82 Å². The zero-order valence-corrected chi connectivity index (χ0v) is 17.2. The van der Waals surface area contributed by atoms with Crippen LogP contribution in [0.3, 0.4) is 0 Å². The number of para-hydroxylation sites is 1. The topological polar surface area (TPSA) is 81.3 Å².